The van der Waals surface area contributed by atoms with Crippen molar-refractivity contribution in [2.45, 2.75) is 0 Å². The van der Waals surface area contributed by atoms with Gasteiger partial charge in [-0.3, -0.25) is 0 Å². The van der Waals surface area contributed by atoms with Crippen LogP contribution in [0.5, 0.6) is 0 Å². The smallest absolute Gasteiger partial charge is 0.135 e. The number of nitrogens with zero attached hydrogens (tertiary/aromatic N) is 1. The number of rotatable bonds is 1. The summed E-state index contributed by atoms with van der Waals surface area (Å²) in [4.78, 5) is 0. The maximum Gasteiger partial charge on any atom is 0.135 e. The second-order valence-electron chi connectivity index (χ2n) is 3.07. The van der Waals surface area contributed by atoms with Gasteiger partial charge in [-0.1, -0.05) is 11.6 Å². The maximum atomic E-state index is 13.6. The standard InChI is InChI=1S/C11H4ClF2NS/c12-10-3-7(5-16-10)11-8(13)1-6(4-15)2-9(11)14/h1-3,5H. The van der Waals surface area contributed by atoms with E-state index in [2.05, 4.69) is 0 Å². The summed E-state index contributed by atoms with van der Waals surface area (Å²) in [5.74, 6) is -1.52. The van der Waals surface area contributed by atoms with E-state index in [4.69, 9.17) is 16.9 Å². The van der Waals surface area contributed by atoms with Gasteiger partial charge in [-0.15, -0.1) is 11.3 Å². The molecule has 0 aliphatic rings. The van der Waals surface area contributed by atoms with Crippen molar-refractivity contribution in [1.82, 2.24) is 0 Å². The Morgan fingerprint density at radius 3 is 2.25 bits per heavy atom. The topological polar surface area (TPSA) is 23.8 Å². The molecule has 0 aliphatic carbocycles. The van der Waals surface area contributed by atoms with Gasteiger partial charge in [0.25, 0.3) is 0 Å². The number of hydrogen-bond donors (Lipinski definition) is 0. The summed E-state index contributed by atoms with van der Waals surface area (Å²) in [5.41, 5.74) is 0.191. The molecule has 2 rings (SSSR count). The van der Waals surface area contributed by atoms with Crippen LogP contribution in [0.4, 0.5) is 8.78 Å². The molecule has 0 atom stereocenters. The van der Waals surface area contributed by atoms with Gasteiger partial charge in [-0.05, 0) is 23.8 Å². The number of hydrogen-bond acceptors (Lipinski definition) is 2. The monoisotopic (exact) mass is 255 g/mol. The highest BCUT2D eigenvalue weighted by atomic mass is 35.5. The number of benzene rings is 1. The van der Waals surface area contributed by atoms with Gasteiger partial charge in [0.1, 0.15) is 11.6 Å². The molecular weight excluding hydrogens is 252 g/mol. The van der Waals surface area contributed by atoms with Crippen molar-refractivity contribution in [2.75, 3.05) is 0 Å². The minimum Gasteiger partial charge on any atom is -0.206 e. The van der Waals surface area contributed by atoms with Gasteiger partial charge in [-0.25, -0.2) is 8.78 Å². The lowest BCUT2D eigenvalue weighted by Crippen LogP contribution is -1.90. The Bertz CT molecular complexity index is 563. The van der Waals surface area contributed by atoms with Crippen LogP contribution < -0.4 is 0 Å². The van der Waals surface area contributed by atoms with Crippen molar-refractivity contribution in [3.05, 3.63) is 45.1 Å². The van der Waals surface area contributed by atoms with Gasteiger partial charge >= 0.3 is 0 Å². The Morgan fingerprint density at radius 1 is 1.19 bits per heavy atom. The molecule has 0 N–H and O–H groups in total. The van der Waals surface area contributed by atoms with E-state index in [1.54, 1.807) is 11.4 Å². The maximum absolute atomic E-state index is 13.6. The zero-order valence-corrected chi connectivity index (χ0v) is 9.37. The Balaban J connectivity index is 2.63. The van der Waals surface area contributed by atoms with E-state index in [1.807, 2.05) is 0 Å². The minimum atomic E-state index is -0.758. The van der Waals surface area contributed by atoms with Crippen molar-refractivity contribution in [3.63, 3.8) is 0 Å². The fourth-order valence-electron chi connectivity index (χ4n) is 1.35. The number of halogens is 3. The highest BCUT2D eigenvalue weighted by Gasteiger charge is 2.14. The zero-order valence-electron chi connectivity index (χ0n) is 7.80. The molecule has 0 unspecified atom stereocenters. The van der Waals surface area contributed by atoms with Gasteiger partial charge < -0.3 is 0 Å². The van der Waals surface area contributed by atoms with Crippen LogP contribution >= 0.6 is 22.9 Å². The fraction of sp³-hybridized carbons (Fsp3) is 0. The van der Waals surface area contributed by atoms with Crippen LogP contribution in [0.25, 0.3) is 11.1 Å². The molecule has 0 radical (unpaired) electrons. The Kier molecular flexibility index (Phi) is 2.90. The van der Waals surface area contributed by atoms with Gasteiger partial charge in [-0.2, -0.15) is 5.26 Å². The second-order valence-corrected chi connectivity index (χ2v) is 4.61. The van der Waals surface area contributed by atoms with Gasteiger partial charge in [0.2, 0.25) is 0 Å². The molecule has 0 fully saturated rings. The lowest BCUT2D eigenvalue weighted by Gasteiger charge is -2.02. The summed E-state index contributed by atoms with van der Waals surface area (Å²) in [6, 6.07) is 5.18. The highest BCUT2D eigenvalue weighted by molar-refractivity contribution is 7.14. The zero-order chi connectivity index (χ0) is 11.7. The minimum absolute atomic E-state index is 0.0416. The first kappa shape index (κ1) is 11.1. The molecule has 0 saturated carbocycles. The number of thiophene rings is 1. The van der Waals surface area contributed by atoms with Gasteiger partial charge in [0.15, 0.2) is 0 Å². The highest BCUT2D eigenvalue weighted by Crippen LogP contribution is 2.32. The predicted molar refractivity (Wildman–Crippen MR) is 59.4 cm³/mol. The Morgan fingerprint density at radius 2 is 1.81 bits per heavy atom. The van der Waals surface area contributed by atoms with Crippen molar-refractivity contribution < 1.29 is 8.78 Å². The molecular formula is C11H4ClF2NS. The molecule has 1 heterocycles. The lowest BCUT2D eigenvalue weighted by atomic mass is 10.1. The van der Waals surface area contributed by atoms with E-state index in [1.165, 1.54) is 17.4 Å². The Labute approximate surface area is 99.5 Å². The largest absolute Gasteiger partial charge is 0.206 e. The summed E-state index contributed by atoms with van der Waals surface area (Å²) < 4.78 is 27.6. The first-order chi connectivity index (χ1) is 7.61. The average Bonchev–Trinajstić information content (AvgIpc) is 2.63. The molecule has 0 amide bonds. The molecule has 80 valence electrons. The Hall–Kier alpha value is -1.44. The van der Waals surface area contributed by atoms with Crippen molar-refractivity contribution in [1.29, 1.82) is 5.26 Å². The molecule has 1 nitrogen and oxygen atoms in total. The summed E-state index contributed by atoms with van der Waals surface area (Å²) in [6.07, 6.45) is 0. The summed E-state index contributed by atoms with van der Waals surface area (Å²) in [7, 11) is 0. The van der Waals surface area contributed by atoms with E-state index < -0.39 is 11.6 Å². The van der Waals surface area contributed by atoms with Crippen LogP contribution in [-0.2, 0) is 0 Å². The van der Waals surface area contributed by atoms with Crippen molar-refractivity contribution in [2.24, 2.45) is 0 Å². The van der Waals surface area contributed by atoms with E-state index >= 15 is 0 Å². The first-order valence-corrected chi connectivity index (χ1v) is 5.51. The molecule has 5 heteroatoms. The van der Waals surface area contributed by atoms with Crippen molar-refractivity contribution in [3.8, 4) is 17.2 Å². The summed E-state index contributed by atoms with van der Waals surface area (Å²) in [6.45, 7) is 0. The van der Waals surface area contributed by atoms with E-state index in [9.17, 15) is 8.78 Å². The second kappa shape index (κ2) is 4.20. The van der Waals surface area contributed by atoms with E-state index in [-0.39, 0.29) is 11.1 Å². The first-order valence-electron chi connectivity index (χ1n) is 4.25. The normalized spacial score (nSPS) is 10.1. The molecule has 0 bridgehead atoms. The molecule has 16 heavy (non-hydrogen) atoms. The van der Waals surface area contributed by atoms with Crippen LogP contribution in [0.1, 0.15) is 5.56 Å². The van der Waals surface area contributed by atoms with Crippen LogP contribution in [0.2, 0.25) is 4.34 Å². The van der Waals surface area contributed by atoms with E-state index in [0.717, 1.165) is 12.1 Å². The molecule has 1 aromatic carbocycles. The molecule has 1 aromatic heterocycles. The summed E-state index contributed by atoms with van der Waals surface area (Å²) in [5, 5.41) is 10.1. The molecule has 0 aliphatic heterocycles. The predicted octanol–water partition coefficient (Wildman–Crippen LogP) is 4.22. The third-order valence-electron chi connectivity index (χ3n) is 2.03. The van der Waals surface area contributed by atoms with E-state index in [0.29, 0.717) is 9.90 Å². The lowest BCUT2D eigenvalue weighted by molar-refractivity contribution is 0.589. The van der Waals surface area contributed by atoms with Crippen LogP contribution in [0, 0.1) is 23.0 Å². The van der Waals surface area contributed by atoms with Crippen molar-refractivity contribution >= 4 is 22.9 Å². The average molecular weight is 256 g/mol. The van der Waals surface area contributed by atoms with Crippen LogP contribution in [-0.4, -0.2) is 0 Å². The summed E-state index contributed by atoms with van der Waals surface area (Å²) >= 11 is 6.89. The van der Waals surface area contributed by atoms with Crippen LogP contribution in [0.3, 0.4) is 0 Å². The fourth-order valence-corrected chi connectivity index (χ4v) is 2.23. The molecule has 0 saturated heterocycles. The number of nitriles is 1. The molecule has 2 aromatic rings. The quantitative estimate of drug-likeness (QED) is 0.748. The third kappa shape index (κ3) is 1.92. The van der Waals surface area contributed by atoms with Crippen LogP contribution in [0.15, 0.2) is 23.6 Å². The molecule has 0 spiro atoms. The third-order valence-corrected chi connectivity index (χ3v) is 3.12. The SMILES string of the molecule is N#Cc1cc(F)c(-c2csc(Cl)c2)c(F)c1. The van der Waals surface area contributed by atoms with Gasteiger partial charge in [0.05, 0.1) is 21.5 Å². The van der Waals surface area contributed by atoms with Gasteiger partial charge in [0, 0.05) is 5.38 Å².